The Kier molecular flexibility index (Phi) is 4.74. The summed E-state index contributed by atoms with van der Waals surface area (Å²) >= 11 is 0. The standard InChI is InChI=1S/C16H16O4/c1-18-11-20-15-8-4-6-13-12(5-3-7-14(13)15)9-10-16(17)19-2/h3-10H,11H2,1-2H3/b10-9-. The number of carbonyl (C=O) groups excluding carboxylic acids is 1. The Balaban J connectivity index is 2.42. The fourth-order valence-corrected chi connectivity index (χ4v) is 1.92. The summed E-state index contributed by atoms with van der Waals surface area (Å²) in [6, 6.07) is 11.6. The van der Waals surface area contributed by atoms with Crippen molar-refractivity contribution < 1.29 is 19.0 Å². The smallest absolute Gasteiger partial charge is 0.330 e. The van der Waals surface area contributed by atoms with Crippen LogP contribution in [0.1, 0.15) is 5.56 Å². The van der Waals surface area contributed by atoms with Crippen molar-refractivity contribution in [1.82, 2.24) is 0 Å². The van der Waals surface area contributed by atoms with Crippen LogP contribution in [0.2, 0.25) is 0 Å². The molecular formula is C16H16O4. The average Bonchev–Trinajstić information content (AvgIpc) is 2.50. The Labute approximate surface area is 117 Å². The van der Waals surface area contributed by atoms with E-state index in [0.717, 1.165) is 22.1 Å². The SMILES string of the molecule is COCOc1cccc2c(/C=C\C(=O)OC)cccc12. The highest BCUT2D eigenvalue weighted by Crippen LogP contribution is 2.28. The highest BCUT2D eigenvalue weighted by molar-refractivity contribution is 5.97. The van der Waals surface area contributed by atoms with Gasteiger partial charge in [-0.25, -0.2) is 4.79 Å². The molecule has 2 aromatic rings. The van der Waals surface area contributed by atoms with Crippen LogP contribution in [0.4, 0.5) is 0 Å². The van der Waals surface area contributed by atoms with E-state index in [9.17, 15) is 4.79 Å². The summed E-state index contributed by atoms with van der Waals surface area (Å²) in [6.45, 7) is 0.196. The van der Waals surface area contributed by atoms with Crippen LogP contribution in [-0.2, 0) is 14.3 Å². The molecule has 0 aliphatic heterocycles. The summed E-state index contributed by atoms with van der Waals surface area (Å²) in [4.78, 5) is 11.2. The number of benzene rings is 2. The minimum atomic E-state index is -0.381. The molecule has 0 saturated heterocycles. The molecule has 0 aromatic heterocycles. The van der Waals surface area contributed by atoms with E-state index in [-0.39, 0.29) is 12.8 Å². The van der Waals surface area contributed by atoms with Gasteiger partial charge in [-0.05, 0) is 23.1 Å². The summed E-state index contributed by atoms with van der Waals surface area (Å²) in [6.07, 6.45) is 3.13. The Morgan fingerprint density at radius 3 is 2.60 bits per heavy atom. The normalized spacial score (nSPS) is 10.9. The van der Waals surface area contributed by atoms with E-state index in [2.05, 4.69) is 4.74 Å². The molecule has 0 spiro atoms. The van der Waals surface area contributed by atoms with Crippen LogP contribution in [-0.4, -0.2) is 27.0 Å². The molecule has 4 heteroatoms. The van der Waals surface area contributed by atoms with Crippen LogP contribution < -0.4 is 4.74 Å². The molecule has 0 heterocycles. The maximum absolute atomic E-state index is 11.2. The molecule has 0 radical (unpaired) electrons. The highest BCUT2D eigenvalue weighted by Gasteiger charge is 2.04. The largest absolute Gasteiger partial charge is 0.467 e. The van der Waals surface area contributed by atoms with Crippen molar-refractivity contribution in [3.63, 3.8) is 0 Å². The molecule has 0 saturated carbocycles. The first-order valence-electron chi connectivity index (χ1n) is 6.15. The van der Waals surface area contributed by atoms with Crippen molar-refractivity contribution in [1.29, 1.82) is 0 Å². The van der Waals surface area contributed by atoms with Crippen molar-refractivity contribution in [2.45, 2.75) is 0 Å². The fraction of sp³-hybridized carbons (Fsp3) is 0.188. The number of methoxy groups -OCH3 is 2. The minimum Gasteiger partial charge on any atom is -0.467 e. The van der Waals surface area contributed by atoms with Crippen molar-refractivity contribution in [3.8, 4) is 5.75 Å². The van der Waals surface area contributed by atoms with Gasteiger partial charge in [-0.1, -0.05) is 30.3 Å². The van der Waals surface area contributed by atoms with Crippen molar-refractivity contribution in [3.05, 3.63) is 48.0 Å². The Bertz CT molecular complexity index is 631. The van der Waals surface area contributed by atoms with E-state index in [1.165, 1.54) is 13.2 Å². The third-order valence-corrected chi connectivity index (χ3v) is 2.85. The topological polar surface area (TPSA) is 44.8 Å². The van der Waals surface area contributed by atoms with Crippen LogP contribution in [0.15, 0.2) is 42.5 Å². The number of carbonyl (C=O) groups is 1. The molecular weight excluding hydrogens is 256 g/mol. The zero-order valence-corrected chi connectivity index (χ0v) is 11.5. The van der Waals surface area contributed by atoms with Gasteiger partial charge < -0.3 is 14.2 Å². The number of rotatable bonds is 5. The van der Waals surface area contributed by atoms with Gasteiger partial charge in [0.25, 0.3) is 0 Å². The lowest BCUT2D eigenvalue weighted by Gasteiger charge is -2.09. The second-order valence-electron chi connectivity index (χ2n) is 4.11. The van der Waals surface area contributed by atoms with Gasteiger partial charge >= 0.3 is 5.97 Å². The summed E-state index contributed by atoms with van der Waals surface area (Å²) in [5.74, 6) is 0.367. The maximum Gasteiger partial charge on any atom is 0.330 e. The van der Waals surface area contributed by atoms with Gasteiger partial charge in [-0.15, -0.1) is 0 Å². The quantitative estimate of drug-likeness (QED) is 0.477. The summed E-state index contributed by atoms with van der Waals surface area (Å²) in [5.41, 5.74) is 0.927. The van der Waals surface area contributed by atoms with Gasteiger partial charge in [-0.2, -0.15) is 0 Å². The molecule has 0 unspecified atom stereocenters. The molecule has 0 aliphatic rings. The van der Waals surface area contributed by atoms with Crippen molar-refractivity contribution in [2.24, 2.45) is 0 Å². The van der Waals surface area contributed by atoms with E-state index in [1.54, 1.807) is 13.2 Å². The first-order valence-corrected chi connectivity index (χ1v) is 6.15. The third-order valence-electron chi connectivity index (χ3n) is 2.85. The predicted octanol–water partition coefficient (Wildman–Crippen LogP) is 3.01. The lowest BCUT2D eigenvalue weighted by Crippen LogP contribution is -1.99. The lowest BCUT2D eigenvalue weighted by molar-refractivity contribution is -0.134. The Morgan fingerprint density at radius 2 is 1.85 bits per heavy atom. The van der Waals surface area contributed by atoms with E-state index in [0.29, 0.717) is 0 Å². The van der Waals surface area contributed by atoms with E-state index in [1.807, 2.05) is 36.4 Å². The van der Waals surface area contributed by atoms with Crippen LogP contribution in [0, 0.1) is 0 Å². The number of hydrogen-bond acceptors (Lipinski definition) is 4. The molecule has 104 valence electrons. The first kappa shape index (κ1) is 14.1. The van der Waals surface area contributed by atoms with Gasteiger partial charge in [0.15, 0.2) is 6.79 Å². The molecule has 0 amide bonds. The molecule has 0 bridgehead atoms. The number of esters is 1. The molecule has 0 N–H and O–H groups in total. The number of hydrogen-bond donors (Lipinski definition) is 0. The minimum absolute atomic E-state index is 0.196. The third kappa shape index (κ3) is 3.16. The van der Waals surface area contributed by atoms with Gasteiger partial charge in [0, 0.05) is 18.6 Å². The van der Waals surface area contributed by atoms with E-state index >= 15 is 0 Å². The first-order chi connectivity index (χ1) is 9.76. The molecule has 2 aromatic carbocycles. The lowest BCUT2D eigenvalue weighted by atomic mass is 10.0. The van der Waals surface area contributed by atoms with Crippen LogP contribution >= 0.6 is 0 Å². The van der Waals surface area contributed by atoms with Crippen LogP contribution in [0.25, 0.3) is 16.8 Å². The second kappa shape index (κ2) is 6.73. The number of ether oxygens (including phenoxy) is 3. The fourth-order valence-electron chi connectivity index (χ4n) is 1.92. The zero-order valence-electron chi connectivity index (χ0n) is 11.5. The monoisotopic (exact) mass is 272 g/mol. The second-order valence-corrected chi connectivity index (χ2v) is 4.11. The summed E-state index contributed by atoms with van der Waals surface area (Å²) in [7, 11) is 2.93. The van der Waals surface area contributed by atoms with Gasteiger partial charge in [0.2, 0.25) is 0 Å². The van der Waals surface area contributed by atoms with Gasteiger partial charge in [-0.3, -0.25) is 0 Å². The zero-order chi connectivity index (χ0) is 14.4. The highest BCUT2D eigenvalue weighted by atomic mass is 16.7. The van der Waals surface area contributed by atoms with Crippen molar-refractivity contribution in [2.75, 3.05) is 21.0 Å². The van der Waals surface area contributed by atoms with E-state index < -0.39 is 0 Å². The molecule has 0 fully saturated rings. The molecule has 0 atom stereocenters. The average molecular weight is 272 g/mol. The Hall–Kier alpha value is -2.33. The molecule has 2 rings (SSSR count). The van der Waals surface area contributed by atoms with Crippen molar-refractivity contribution >= 4 is 22.8 Å². The van der Waals surface area contributed by atoms with Gasteiger partial charge in [0.1, 0.15) is 5.75 Å². The maximum atomic E-state index is 11.2. The van der Waals surface area contributed by atoms with Gasteiger partial charge in [0.05, 0.1) is 7.11 Å². The van der Waals surface area contributed by atoms with Crippen LogP contribution in [0.5, 0.6) is 5.75 Å². The molecule has 4 nitrogen and oxygen atoms in total. The molecule has 20 heavy (non-hydrogen) atoms. The Morgan fingerprint density at radius 1 is 1.10 bits per heavy atom. The summed E-state index contributed by atoms with van der Waals surface area (Å²) < 4.78 is 15.0. The predicted molar refractivity (Wildman–Crippen MR) is 77.5 cm³/mol. The van der Waals surface area contributed by atoms with Crippen LogP contribution in [0.3, 0.4) is 0 Å². The molecule has 0 aliphatic carbocycles. The van der Waals surface area contributed by atoms with E-state index in [4.69, 9.17) is 9.47 Å². The number of fused-ring (bicyclic) bond motifs is 1. The summed E-state index contributed by atoms with van der Waals surface area (Å²) in [5, 5.41) is 1.97.